The molecule has 3 aromatic carbocycles. The molecule has 0 aliphatic carbocycles. The van der Waals surface area contributed by atoms with E-state index >= 15 is 0 Å². The summed E-state index contributed by atoms with van der Waals surface area (Å²) in [7, 11) is 1.61. The van der Waals surface area contributed by atoms with Crippen molar-refractivity contribution in [2.75, 3.05) is 23.1 Å². The van der Waals surface area contributed by atoms with Gasteiger partial charge >= 0.3 is 0 Å². The summed E-state index contributed by atoms with van der Waals surface area (Å²) in [5.74, 6) is 0.763. The number of amidine groups is 1. The lowest BCUT2D eigenvalue weighted by molar-refractivity contribution is -0.114. The summed E-state index contributed by atoms with van der Waals surface area (Å²) < 4.78 is 5.23. The molecule has 0 spiro atoms. The molecule has 1 heterocycles. The summed E-state index contributed by atoms with van der Waals surface area (Å²) in [4.78, 5) is 32.7. The summed E-state index contributed by atoms with van der Waals surface area (Å²) in [5, 5.41) is 3.49. The van der Waals surface area contributed by atoms with Crippen molar-refractivity contribution in [3.63, 3.8) is 0 Å². The molecule has 0 unspecified atom stereocenters. The van der Waals surface area contributed by atoms with Crippen molar-refractivity contribution in [2.45, 2.75) is 33.6 Å². The van der Waals surface area contributed by atoms with Crippen LogP contribution in [0.1, 0.15) is 42.0 Å². The minimum Gasteiger partial charge on any atom is -0.497 e. The van der Waals surface area contributed by atoms with Gasteiger partial charge in [-0.15, -0.1) is 0 Å². The Morgan fingerprint density at radius 1 is 1.05 bits per heavy atom. The number of amides is 2. The van der Waals surface area contributed by atoms with Gasteiger partial charge in [-0.3, -0.25) is 14.5 Å². The van der Waals surface area contributed by atoms with E-state index in [9.17, 15) is 9.59 Å². The Balaban J connectivity index is 1.60. The molecule has 37 heavy (non-hydrogen) atoms. The number of aliphatic imine (C=N–C) groups is 1. The average Bonchev–Trinajstić information content (AvgIpc) is 3.17. The molecule has 0 fully saturated rings. The first-order valence-corrected chi connectivity index (χ1v) is 13.1. The second-order valence-corrected chi connectivity index (χ2v) is 10.2. The number of hydrogen-bond donors (Lipinski definition) is 1. The van der Waals surface area contributed by atoms with E-state index in [1.807, 2.05) is 74.5 Å². The van der Waals surface area contributed by atoms with Gasteiger partial charge in [0.05, 0.1) is 18.6 Å². The zero-order valence-electron chi connectivity index (χ0n) is 21.7. The van der Waals surface area contributed by atoms with Crippen LogP contribution in [0, 0.1) is 13.8 Å². The number of carbonyl (C=O) groups excluding carboxylic acids is 2. The van der Waals surface area contributed by atoms with Crippen LogP contribution in [0.2, 0.25) is 0 Å². The molecule has 0 radical (unpaired) electrons. The molecular formula is C30H31N3O3S. The number of benzene rings is 3. The summed E-state index contributed by atoms with van der Waals surface area (Å²) in [5.41, 5.74) is 5.86. The van der Waals surface area contributed by atoms with Crippen LogP contribution in [-0.4, -0.2) is 29.8 Å². The van der Waals surface area contributed by atoms with Gasteiger partial charge in [-0.05, 0) is 78.4 Å². The predicted molar refractivity (Wildman–Crippen MR) is 153 cm³/mol. The van der Waals surface area contributed by atoms with Crippen LogP contribution in [-0.2, 0) is 9.59 Å². The van der Waals surface area contributed by atoms with E-state index < -0.39 is 0 Å². The molecule has 3 aromatic rings. The Bertz CT molecular complexity index is 1360. The largest absolute Gasteiger partial charge is 0.497 e. The van der Waals surface area contributed by atoms with E-state index in [1.165, 1.54) is 11.8 Å². The summed E-state index contributed by atoms with van der Waals surface area (Å²) >= 11 is 1.25. The smallest absolute Gasteiger partial charge is 0.283 e. The maximum Gasteiger partial charge on any atom is 0.283 e. The van der Waals surface area contributed by atoms with Crippen LogP contribution in [0.3, 0.4) is 0 Å². The lowest BCUT2D eigenvalue weighted by Crippen LogP contribution is -2.31. The molecule has 0 saturated carbocycles. The molecule has 0 saturated heterocycles. The molecule has 1 aliphatic heterocycles. The summed E-state index contributed by atoms with van der Waals surface area (Å²) in [6, 6.07) is 21.2. The number of anilines is 2. The van der Waals surface area contributed by atoms with Crippen molar-refractivity contribution in [2.24, 2.45) is 4.99 Å². The molecule has 0 atom stereocenters. The van der Waals surface area contributed by atoms with Gasteiger partial charge in [0.2, 0.25) is 5.91 Å². The highest BCUT2D eigenvalue weighted by Gasteiger charge is 2.32. The number of carbonyl (C=O) groups is 2. The molecular weight excluding hydrogens is 482 g/mol. The predicted octanol–water partition coefficient (Wildman–Crippen LogP) is 6.55. The van der Waals surface area contributed by atoms with Crippen molar-refractivity contribution in [1.29, 1.82) is 0 Å². The monoisotopic (exact) mass is 513 g/mol. The highest BCUT2D eigenvalue weighted by atomic mass is 32.2. The van der Waals surface area contributed by atoms with E-state index in [0.717, 1.165) is 39.4 Å². The summed E-state index contributed by atoms with van der Waals surface area (Å²) in [6.07, 6.45) is 1.75. The van der Waals surface area contributed by atoms with E-state index in [-0.39, 0.29) is 23.5 Å². The fourth-order valence-electron chi connectivity index (χ4n) is 4.19. The Labute approximate surface area is 222 Å². The first-order valence-electron chi connectivity index (χ1n) is 12.1. The second kappa shape index (κ2) is 11.5. The Hall–Kier alpha value is -3.84. The Kier molecular flexibility index (Phi) is 8.14. The van der Waals surface area contributed by atoms with Gasteiger partial charge in [0, 0.05) is 5.69 Å². The van der Waals surface area contributed by atoms with Crippen LogP contribution in [0.25, 0.3) is 6.08 Å². The number of nitrogens with zero attached hydrogens (tertiary/aromatic N) is 2. The molecule has 1 N–H and O–H groups in total. The average molecular weight is 514 g/mol. The van der Waals surface area contributed by atoms with Crippen molar-refractivity contribution < 1.29 is 14.3 Å². The van der Waals surface area contributed by atoms with Crippen LogP contribution in [0.15, 0.2) is 77.4 Å². The quantitative estimate of drug-likeness (QED) is 0.364. The standard InChI is InChI=1S/C30H31N3O3S/c1-19(2)25-8-6-7-9-26(25)31-28(34)18-37-30-32-27(17-22-10-12-24(36-5)13-11-22)29(35)33(30)23-15-20(3)14-21(4)16-23/h6-17,19H,18H2,1-5H3,(H,31,34)/b27-17-. The van der Waals surface area contributed by atoms with E-state index in [0.29, 0.717) is 10.9 Å². The maximum atomic E-state index is 13.5. The van der Waals surface area contributed by atoms with E-state index in [2.05, 4.69) is 30.2 Å². The maximum absolute atomic E-state index is 13.5. The normalized spacial score (nSPS) is 14.3. The molecule has 4 rings (SSSR count). The van der Waals surface area contributed by atoms with Crippen LogP contribution >= 0.6 is 11.8 Å². The van der Waals surface area contributed by atoms with Crippen LogP contribution in [0.5, 0.6) is 5.75 Å². The van der Waals surface area contributed by atoms with Gasteiger partial charge < -0.3 is 10.1 Å². The van der Waals surface area contributed by atoms with Gasteiger partial charge in [0.15, 0.2) is 5.17 Å². The summed E-state index contributed by atoms with van der Waals surface area (Å²) in [6.45, 7) is 8.18. The molecule has 2 amide bonds. The molecule has 0 bridgehead atoms. The molecule has 1 aliphatic rings. The highest BCUT2D eigenvalue weighted by Crippen LogP contribution is 2.31. The van der Waals surface area contributed by atoms with Crippen molar-refractivity contribution in [3.05, 3.63) is 94.7 Å². The Morgan fingerprint density at radius 2 is 1.73 bits per heavy atom. The number of ether oxygens (including phenoxy) is 1. The minimum atomic E-state index is -0.228. The molecule has 0 aromatic heterocycles. The van der Waals surface area contributed by atoms with Crippen LogP contribution < -0.4 is 15.0 Å². The SMILES string of the molecule is COc1ccc(/C=C2\N=C(SCC(=O)Nc3ccccc3C(C)C)N(c3cc(C)cc(C)c3)C2=O)cc1. The van der Waals surface area contributed by atoms with E-state index in [4.69, 9.17) is 4.74 Å². The number of hydrogen-bond acceptors (Lipinski definition) is 5. The van der Waals surface area contributed by atoms with Gasteiger partial charge in [-0.25, -0.2) is 4.99 Å². The third-order valence-corrected chi connectivity index (χ3v) is 6.84. The first-order chi connectivity index (χ1) is 17.7. The van der Waals surface area contributed by atoms with Crippen molar-refractivity contribution in [3.8, 4) is 5.75 Å². The minimum absolute atomic E-state index is 0.121. The highest BCUT2D eigenvalue weighted by molar-refractivity contribution is 8.14. The van der Waals surface area contributed by atoms with Crippen molar-refractivity contribution >= 4 is 46.2 Å². The zero-order valence-corrected chi connectivity index (χ0v) is 22.6. The number of nitrogens with one attached hydrogen (secondary N) is 1. The number of rotatable bonds is 7. The number of aryl methyl sites for hydroxylation is 2. The van der Waals surface area contributed by atoms with Gasteiger partial charge in [0.1, 0.15) is 11.4 Å². The Morgan fingerprint density at radius 3 is 2.38 bits per heavy atom. The van der Waals surface area contributed by atoms with Crippen molar-refractivity contribution in [1.82, 2.24) is 0 Å². The third-order valence-electron chi connectivity index (χ3n) is 5.90. The fourth-order valence-corrected chi connectivity index (χ4v) is 5.00. The van der Waals surface area contributed by atoms with Gasteiger partial charge in [0.25, 0.3) is 5.91 Å². The van der Waals surface area contributed by atoms with E-state index in [1.54, 1.807) is 18.1 Å². The molecule has 190 valence electrons. The lowest BCUT2D eigenvalue weighted by atomic mass is 10.0. The van der Waals surface area contributed by atoms with Crippen LogP contribution in [0.4, 0.5) is 11.4 Å². The lowest BCUT2D eigenvalue weighted by Gasteiger charge is -2.19. The zero-order chi connectivity index (χ0) is 26.5. The number of thioether (sulfide) groups is 1. The third kappa shape index (κ3) is 6.30. The number of para-hydroxylation sites is 1. The first kappa shape index (κ1) is 26.2. The molecule has 6 nitrogen and oxygen atoms in total. The second-order valence-electron chi connectivity index (χ2n) is 9.26. The van der Waals surface area contributed by atoms with Gasteiger partial charge in [-0.2, -0.15) is 0 Å². The number of methoxy groups -OCH3 is 1. The molecule has 7 heteroatoms. The fraction of sp³-hybridized carbons (Fsp3) is 0.233. The van der Waals surface area contributed by atoms with Gasteiger partial charge in [-0.1, -0.05) is 62.0 Å². The topological polar surface area (TPSA) is 71.0 Å².